The van der Waals surface area contributed by atoms with Gasteiger partial charge in [0.2, 0.25) is 0 Å². The van der Waals surface area contributed by atoms with Crippen molar-refractivity contribution in [1.29, 1.82) is 0 Å². The lowest BCUT2D eigenvalue weighted by molar-refractivity contribution is -0.153. The predicted molar refractivity (Wildman–Crippen MR) is 32.3 cm³/mol. The highest BCUT2D eigenvalue weighted by atomic mass is 16.7. The van der Waals surface area contributed by atoms with Crippen LogP contribution in [0.2, 0.25) is 0 Å². The van der Waals surface area contributed by atoms with Crippen LogP contribution in [0.25, 0.3) is 0 Å². The van der Waals surface area contributed by atoms with Gasteiger partial charge in [-0.05, 0) is 0 Å². The number of cyclic esters (lactones) is 1. The van der Waals surface area contributed by atoms with Gasteiger partial charge in [0.1, 0.15) is 6.79 Å². The molecule has 0 radical (unpaired) electrons. The molecule has 0 bridgehead atoms. The van der Waals surface area contributed by atoms with E-state index in [0.29, 0.717) is 13.0 Å². The molecule has 0 aromatic heterocycles. The Hall–Kier alpha value is -0.610. The van der Waals surface area contributed by atoms with E-state index in [1.165, 1.54) is 7.11 Å². The lowest BCUT2D eigenvalue weighted by atomic mass is 10.3. The zero-order valence-corrected chi connectivity index (χ0v) is 5.83. The Morgan fingerprint density at radius 2 is 2.60 bits per heavy atom. The fourth-order valence-electron chi connectivity index (χ4n) is 0.779. The van der Waals surface area contributed by atoms with E-state index in [2.05, 4.69) is 9.47 Å². The maximum atomic E-state index is 10.7. The highest BCUT2D eigenvalue weighted by molar-refractivity contribution is 5.76. The number of hydrogen-bond donors (Lipinski definition) is 0. The minimum Gasteiger partial charge on any atom is -0.464 e. The SMILES string of the molecule is COCOC1CCOC1=O. The summed E-state index contributed by atoms with van der Waals surface area (Å²) in [5.74, 6) is -0.281. The van der Waals surface area contributed by atoms with Crippen molar-refractivity contribution in [1.82, 2.24) is 0 Å². The smallest absolute Gasteiger partial charge is 0.335 e. The second-order valence-corrected chi connectivity index (χ2v) is 2.02. The molecule has 0 amide bonds. The van der Waals surface area contributed by atoms with Crippen molar-refractivity contribution in [3.8, 4) is 0 Å². The van der Waals surface area contributed by atoms with Crippen LogP contribution in [0, 0.1) is 0 Å². The summed E-state index contributed by atoms with van der Waals surface area (Å²) in [6.45, 7) is 0.618. The van der Waals surface area contributed by atoms with Crippen molar-refractivity contribution >= 4 is 5.97 Å². The molecule has 0 spiro atoms. The minimum absolute atomic E-state index is 0.153. The summed E-state index contributed by atoms with van der Waals surface area (Å²) in [4.78, 5) is 10.7. The normalized spacial score (nSPS) is 24.9. The van der Waals surface area contributed by atoms with Gasteiger partial charge in [-0.3, -0.25) is 0 Å². The van der Waals surface area contributed by atoms with Crippen LogP contribution in [-0.2, 0) is 19.0 Å². The highest BCUT2D eigenvalue weighted by Gasteiger charge is 2.26. The first kappa shape index (κ1) is 7.50. The molecular weight excluding hydrogens is 136 g/mol. The summed E-state index contributed by atoms with van der Waals surface area (Å²) in [5.41, 5.74) is 0. The first-order valence-corrected chi connectivity index (χ1v) is 3.12. The number of esters is 1. The Bertz CT molecular complexity index is 123. The molecule has 0 N–H and O–H groups in total. The third kappa shape index (κ3) is 1.68. The predicted octanol–water partition coefficient (Wildman–Crippen LogP) is -0.0776. The standard InChI is InChI=1S/C6H10O4/c1-8-4-10-5-2-3-9-6(5)7/h5H,2-4H2,1H3. The Morgan fingerprint density at radius 3 is 3.10 bits per heavy atom. The van der Waals surface area contributed by atoms with E-state index >= 15 is 0 Å². The van der Waals surface area contributed by atoms with E-state index in [1.54, 1.807) is 0 Å². The van der Waals surface area contributed by atoms with Crippen LogP contribution in [0.5, 0.6) is 0 Å². The van der Waals surface area contributed by atoms with Crippen LogP contribution < -0.4 is 0 Å². The fraction of sp³-hybridized carbons (Fsp3) is 0.833. The van der Waals surface area contributed by atoms with E-state index in [9.17, 15) is 4.79 Å². The van der Waals surface area contributed by atoms with E-state index < -0.39 is 6.10 Å². The third-order valence-electron chi connectivity index (χ3n) is 1.27. The first-order valence-electron chi connectivity index (χ1n) is 3.12. The maximum absolute atomic E-state index is 10.7. The summed E-state index contributed by atoms with van der Waals surface area (Å²) in [6.07, 6.45) is 0.238. The van der Waals surface area contributed by atoms with E-state index in [-0.39, 0.29) is 12.8 Å². The van der Waals surface area contributed by atoms with Gasteiger partial charge in [0.05, 0.1) is 6.61 Å². The summed E-state index contributed by atoms with van der Waals surface area (Å²) < 4.78 is 14.2. The molecule has 4 heteroatoms. The summed E-state index contributed by atoms with van der Waals surface area (Å²) in [7, 11) is 1.51. The topological polar surface area (TPSA) is 44.8 Å². The zero-order chi connectivity index (χ0) is 7.40. The maximum Gasteiger partial charge on any atom is 0.335 e. The first-order chi connectivity index (χ1) is 4.84. The average Bonchev–Trinajstić information content (AvgIpc) is 2.31. The molecule has 0 aliphatic carbocycles. The van der Waals surface area contributed by atoms with E-state index in [1.807, 2.05) is 0 Å². The van der Waals surface area contributed by atoms with E-state index in [0.717, 1.165) is 0 Å². The molecule has 4 nitrogen and oxygen atoms in total. The number of methoxy groups -OCH3 is 1. The molecule has 1 rings (SSSR count). The van der Waals surface area contributed by atoms with Crippen LogP contribution in [0.15, 0.2) is 0 Å². The fourth-order valence-corrected chi connectivity index (χ4v) is 0.779. The Kier molecular flexibility index (Phi) is 2.65. The number of carbonyl (C=O) groups excluding carboxylic acids is 1. The average molecular weight is 146 g/mol. The molecule has 10 heavy (non-hydrogen) atoms. The van der Waals surface area contributed by atoms with Crippen molar-refractivity contribution in [3.05, 3.63) is 0 Å². The molecule has 1 saturated heterocycles. The van der Waals surface area contributed by atoms with Gasteiger partial charge in [0.25, 0.3) is 0 Å². The zero-order valence-electron chi connectivity index (χ0n) is 5.83. The van der Waals surface area contributed by atoms with Crippen molar-refractivity contribution in [2.45, 2.75) is 12.5 Å². The molecule has 1 fully saturated rings. The quantitative estimate of drug-likeness (QED) is 0.412. The largest absolute Gasteiger partial charge is 0.464 e. The Balaban J connectivity index is 2.20. The van der Waals surface area contributed by atoms with Crippen LogP contribution in [-0.4, -0.2) is 32.6 Å². The second kappa shape index (κ2) is 3.53. The van der Waals surface area contributed by atoms with Gasteiger partial charge >= 0.3 is 5.97 Å². The molecule has 0 aromatic carbocycles. The Morgan fingerprint density at radius 1 is 1.80 bits per heavy atom. The Labute approximate surface area is 59.1 Å². The monoisotopic (exact) mass is 146 g/mol. The molecule has 0 saturated carbocycles. The molecule has 0 aromatic rings. The van der Waals surface area contributed by atoms with Crippen LogP contribution in [0.4, 0.5) is 0 Å². The van der Waals surface area contributed by atoms with E-state index in [4.69, 9.17) is 4.74 Å². The summed E-state index contributed by atoms with van der Waals surface area (Å²) in [5, 5.41) is 0. The molecule has 58 valence electrons. The lowest BCUT2D eigenvalue weighted by Gasteiger charge is -2.04. The van der Waals surface area contributed by atoms with Gasteiger partial charge < -0.3 is 14.2 Å². The summed E-state index contributed by atoms with van der Waals surface area (Å²) in [6, 6.07) is 0. The number of carbonyl (C=O) groups is 1. The van der Waals surface area contributed by atoms with Crippen molar-refractivity contribution < 1.29 is 19.0 Å². The molecular formula is C6H10O4. The third-order valence-corrected chi connectivity index (χ3v) is 1.27. The van der Waals surface area contributed by atoms with Crippen LogP contribution in [0.1, 0.15) is 6.42 Å². The van der Waals surface area contributed by atoms with Gasteiger partial charge in [-0.25, -0.2) is 4.79 Å². The van der Waals surface area contributed by atoms with Crippen LogP contribution >= 0.6 is 0 Å². The lowest BCUT2D eigenvalue weighted by Crippen LogP contribution is -2.19. The molecule has 1 aliphatic rings. The number of rotatable bonds is 3. The number of hydrogen-bond acceptors (Lipinski definition) is 4. The van der Waals surface area contributed by atoms with Gasteiger partial charge in [-0.1, -0.05) is 0 Å². The molecule has 1 heterocycles. The van der Waals surface area contributed by atoms with Gasteiger partial charge in [0.15, 0.2) is 6.10 Å². The molecule has 1 atom stereocenters. The highest BCUT2D eigenvalue weighted by Crippen LogP contribution is 2.09. The van der Waals surface area contributed by atoms with Crippen molar-refractivity contribution in [2.75, 3.05) is 20.5 Å². The van der Waals surface area contributed by atoms with Gasteiger partial charge in [-0.15, -0.1) is 0 Å². The van der Waals surface area contributed by atoms with Crippen LogP contribution in [0.3, 0.4) is 0 Å². The second-order valence-electron chi connectivity index (χ2n) is 2.02. The van der Waals surface area contributed by atoms with Gasteiger partial charge in [0, 0.05) is 13.5 Å². The molecule has 1 unspecified atom stereocenters. The minimum atomic E-state index is -0.403. The summed E-state index contributed by atoms with van der Waals surface area (Å²) >= 11 is 0. The number of ether oxygens (including phenoxy) is 3. The molecule has 1 aliphatic heterocycles. The van der Waals surface area contributed by atoms with Crippen molar-refractivity contribution in [3.63, 3.8) is 0 Å². The van der Waals surface area contributed by atoms with Crippen molar-refractivity contribution in [2.24, 2.45) is 0 Å². The van der Waals surface area contributed by atoms with Gasteiger partial charge in [-0.2, -0.15) is 0 Å².